The lowest BCUT2D eigenvalue weighted by atomic mass is 10.1. The number of esters is 1. The van der Waals surface area contributed by atoms with Crippen LogP contribution in [0.3, 0.4) is 0 Å². The fraction of sp³-hybridized carbons (Fsp3) is 0.286. The lowest BCUT2D eigenvalue weighted by Crippen LogP contribution is -2.13. The van der Waals surface area contributed by atoms with Gasteiger partial charge in [0.25, 0.3) is 0 Å². The van der Waals surface area contributed by atoms with E-state index in [2.05, 4.69) is 0 Å². The van der Waals surface area contributed by atoms with E-state index in [1.165, 1.54) is 24.5 Å². The molecule has 0 N–H and O–H groups in total. The summed E-state index contributed by atoms with van der Waals surface area (Å²) in [4.78, 5) is 12.8. The molecule has 0 aliphatic rings. The van der Waals surface area contributed by atoms with Crippen molar-refractivity contribution in [1.82, 2.24) is 0 Å². The summed E-state index contributed by atoms with van der Waals surface area (Å²) in [6.45, 7) is 2.94. The van der Waals surface area contributed by atoms with E-state index in [9.17, 15) is 9.18 Å². The maximum absolute atomic E-state index is 14.2. The van der Waals surface area contributed by atoms with Crippen molar-refractivity contribution in [1.29, 1.82) is 0 Å². The molecule has 0 amide bonds. The average Bonchev–Trinajstić information content (AvgIpc) is 3.07. The lowest BCUT2D eigenvalue weighted by Gasteiger charge is -2.09. The molecule has 0 saturated heterocycles. The number of benzene rings is 2. The summed E-state index contributed by atoms with van der Waals surface area (Å²) in [5, 5.41) is 0.409. The zero-order chi connectivity index (χ0) is 19.9. The quantitative estimate of drug-likeness (QED) is 0.378. The average molecular weight is 404 g/mol. The number of rotatable bonds is 9. The van der Waals surface area contributed by atoms with E-state index in [0.717, 1.165) is 5.75 Å². The molecule has 0 fully saturated rings. The monoisotopic (exact) mass is 404 g/mol. The van der Waals surface area contributed by atoms with Crippen molar-refractivity contribution in [3.63, 3.8) is 0 Å². The van der Waals surface area contributed by atoms with Crippen LogP contribution in [-0.4, -0.2) is 32.9 Å². The Morgan fingerprint density at radius 3 is 2.43 bits per heavy atom. The van der Waals surface area contributed by atoms with Crippen LogP contribution in [0.5, 0.6) is 11.5 Å². The van der Waals surface area contributed by atoms with Gasteiger partial charge in [-0.2, -0.15) is 0 Å². The highest BCUT2D eigenvalue weighted by molar-refractivity contribution is 7.21. The van der Waals surface area contributed by atoms with Crippen LogP contribution in [0.15, 0.2) is 42.5 Å². The van der Waals surface area contributed by atoms with Crippen LogP contribution >= 0.6 is 11.3 Å². The van der Waals surface area contributed by atoms with Crippen molar-refractivity contribution < 1.29 is 28.1 Å². The number of hydrogen-bond acceptors (Lipinski definition) is 6. The van der Waals surface area contributed by atoms with Gasteiger partial charge in [-0.1, -0.05) is 6.07 Å². The van der Waals surface area contributed by atoms with Crippen LogP contribution in [0.25, 0.3) is 10.1 Å². The standard InChI is InChI=1S/C21H21FO5S/c1-3-25-14-7-9-15(10-8-14)26-11-12-27-21(23)20-16(13-24-2)19-17(22)5-4-6-18(19)28-20/h4-10H,3,11-13H2,1-2H3. The van der Waals surface area contributed by atoms with Crippen LogP contribution in [0.4, 0.5) is 4.39 Å². The molecule has 0 spiro atoms. The third-order valence-corrected chi connectivity index (χ3v) is 5.13. The Bertz CT molecular complexity index is 936. The summed E-state index contributed by atoms with van der Waals surface area (Å²) >= 11 is 1.20. The number of methoxy groups -OCH3 is 1. The first-order valence-electron chi connectivity index (χ1n) is 8.85. The molecule has 3 aromatic rings. The first kappa shape index (κ1) is 20.1. The Labute approximate surface area is 166 Å². The third kappa shape index (κ3) is 4.61. The second-order valence-corrected chi connectivity index (χ2v) is 6.90. The fourth-order valence-electron chi connectivity index (χ4n) is 2.77. The van der Waals surface area contributed by atoms with E-state index in [1.54, 1.807) is 24.3 Å². The molecule has 7 heteroatoms. The fourth-order valence-corrected chi connectivity index (χ4v) is 3.89. The Morgan fingerprint density at radius 1 is 1.04 bits per heavy atom. The van der Waals surface area contributed by atoms with Crippen LogP contribution < -0.4 is 9.47 Å². The molecular weight excluding hydrogens is 383 g/mol. The van der Waals surface area contributed by atoms with Gasteiger partial charge < -0.3 is 18.9 Å². The molecule has 2 aromatic carbocycles. The normalized spacial score (nSPS) is 10.8. The van der Waals surface area contributed by atoms with Crippen molar-refractivity contribution in [2.75, 3.05) is 26.9 Å². The molecule has 1 aromatic heterocycles. The molecule has 1 heterocycles. The first-order chi connectivity index (χ1) is 13.6. The Kier molecular flexibility index (Phi) is 6.84. The minimum absolute atomic E-state index is 0.0786. The number of carbonyl (C=O) groups excluding carboxylic acids is 1. The van der Waals surface area contributed by atoms with Gasteiger partial charge in [0.1, 0.15) is 35.4 Å². The molecular formula is C21H21FO5S. The predicted molar refractivity (Wildman–Crippen MR) is 106 cm³/mol. The zero-order valence-electron chi connectivity index (χ0n) is 15.7. The van der Waals surface area contributed by atoms with Gasteiger partial charge in [-0.3, -0.25) is 0 Å². The van der Waals surface area contributed by atoms with Gasteiger partial charge in [-0.15, -0.1) is 11.3 Å². The molecule has 0 radical (unpaired) electrons. The molecule has 3 rings (SSSR count). The highest BCUT2D eigenvalue weighted by atomic mass is 32.1. The zero-order valence-corrected chi connectivity index (χ0v) is 16.5. The van der Waals surface area contributed by atoms with Gasteiger partial charge in [-0.05, 0) is 43.3 Å². The summed E-state index contributed by atoms with van der Waals surface area (Å²) in [7, 11) is 1.50. The Morgan fingerprint density at radius 2 is 1.75 bits per heavy atom. The topological polar surface area (TPSA) is 54.0 Å². The van der Waals surface area contributed by atoms with E-state index in [1.807, 2.05) is 19.1 Å². The first-order valence-corrected chi connectivity index (χ1v) is 9.67. The van der Waals surface area contributed by atoms with Crippen molar-refractivity contribution in [2.24, 2.45) is 0 Å². The molecule has 0 aliphatic heterocycles. The largest absolute Gasteiger partial charge is 0.494 e. The van der Waals surface area contributed by atoms with Crippen molar-refractivity contribution in [2.45, 2.75) is 13.5 Å². The van der Waals surface area contributed by atoms with Crippen molar-refractivity contribution in [3.8, 4) is 11.5 Å². The summed E-state index contributed by atoms with van der Waals surface area (Å²) in [6, 6.07) is 12.0. The molecule has 148 valence electrons. The Balaban J connectivity index is 1.60. The molecule has 5 nitrogen and oxygen atoms in total. The van der Waals surface area contributed by atoms with Gasteiger partial charge in [0.15, 0.2) is 0 Å². The summed E-state index contributed by atoms with van der Waals surface area (Å²) < 4.78 is 36.3. The highest BCUT2D eigenvalue weighted by Crippen LogP contribution is 2.34. The van der Waals surface area contributed by atoms with Crippen molar-refractivity contribution >= 4 is 27.4 Å². The summed E-state index contributed by atoms with van der Waals surface area (Å²) in [5.41, 5.74) is 0.512. The maximum Gasteiger partial charge on any atom is 0.348 e. The van der Waals surface area contributed by atoms with E-state index in [-0.39, 0.29) is 25.6 Å². The van der Waals surface area contributed by atoms with Gasteiger partial charge in [-0.25, -0.2) is 9.18 Å². The van der Waals surface area contributed by atoms with Crippen LogP contribution in [-0.2, 0) is 16.1 Å². The molecule has 0 bridgehead atoms. The molecule has 28 heavy (non-hydrogen) atoms. The molecule has 0 atom stereocenters. The minimum atomic E-state index is -0.511. The number of hydrogen-bond donors (Lipinski definition) is 0. The minimum Gasteiger partial charge on any atom is -0.494 e. The predicted octanol–water partition coefficient (Wildman–Crippen LogP) is 4.82. The molecule has 0 unspecified atom stereocenters. The van der Waals surface area contributed by atoms with Crippen molar-refractivity contribution in [3.05, 3.63) is 58.7 Å². The lowest BCUT2D eigenvalue weighted by molar-refractivity contribution is 0.0452. The van der Waals surface area contributed by atoms with Gasteiger partial charge >= 0.3 is 5.97 Å². The van der Waals surface area contributed by atoms with Crippen LogP contribution in [0.1, 0.15) is 22.2 Å². The SMILES string of the molecule is CCOc1ccc(OCCOC(=O)c2sc3cccc(F)c3c2COC)cc1. The second kappa shape index (κ2) is 9.52. The van der Waals surface area contributed by atoms with E-state index >= 15 is 0 Å². The number of thiophene rings is 1. The van der Waals surface area contributed by atoms with Crippen LogP contribution in [0, 0.1) is 5.82 Å². The highest BCUT2D eigenvalue weighted by Gasteiger charge is 2.21. The summed E-state index contributed by atoms with van der Waals surface area (Å²) in [6.07, 6.45) is 0. The van der Waals surface area contributed by atoms with Gasteiger partial charge in [0.05, 0.1) is 13.2 Å². The second-order valence-electron chi connectivity index (χ2n) is 5.84. The van der Waals surface area contributed by atoms with Crippen LogP contribution in [0.2, 0.25) is 0 Å². The number of carbonyl (C=O) groups is 1. The number of halogens is 1. The summed E-state index contributed by atoms with van der Waals surface area (Å²) in [5.74, 6) is 0.536. The number of ether oxygens (including phenoxy) is 4. The maximum atomic E-state index is 14.2. The smallest absolute Gasteiger partial charge is 0.348 e. The number of fused-ring (bicyclic) bond motifs is 1. The van der Waals surface area contributed by atoms with Gasteiger partial charge in [0, 0.05) is 22.8 Å². The Hall–Kier alpha value is -2.64. The van der Waals surface area contributed by atoms with Gasteiger partial charge in [0.2, 0.25) is 0 Å². The van der Waals surface area contributed by atoms with E-state index in [0.29, 0.717) is 32.9 Å². The third-order valence-electron chi connectivity index (χ3n) is 3.96. The van der Waals surface area contributed by atoms with E-state index < -0.39 is 5.97 Å². The molecule has 0 aliphatic carbocycles. The van der Waals surface area contributed by atoms with E-state index in [4.69, 9.17) is 18.9 Å². The molecule has 0 saturated carbocycles.